The minimum Gasteiger partial charge on any atom is -0.378 e. The summed E-state index contributed by atoms with van der Waals surface area (Å²) in [6.45, 7) is 8.75. The van der Waals surface area contributed by atoms with E-state index < -0.39 is 0 Å². The Labute approximate surface area is 107 Å². The van der Waals surface area contributed by atoms with Crippen LogP contribution in [0.25, 0.3) is 0 Å². The van der Waals surface area contributed by atoms with E-state index in [9.17, 15) is 0 Å². The lowest BCUT2D eigenvalue weighted by Gasteiger charge is -2.58. The van der Waals surface area contributed by atoms with Crippen molar-refractivity contribution >= 4 is 0 Å². The Morgan fingerprint density at radius 1 is 1.24 bits per heavy atom. The topological polar surface area (TPSA) is 21.3 Å². The van der Waals surface area contributed by atoms with E-state index in [0.717, 1.165) is 25.1 Å². The Bertz CT molecular complexity index is 233. The fourth-order valence-corrected chi connectivity index (χ4v) is 3.73. The Kier molecular flexibility index (Phi) is 4.48. The molecule has 2 atom stereocenters. The fourth-order valence-electron chi connectivity index (χ4n) is 3.73. The zero-order chi connectivity index (χ0) is 12.3. The number of rotatable bonds is 5. The third kappa shape index (κ3) is 2.68. The average molecular weight is 239 g/mol. The van der Waals surface area contributed by atoms with Crippen molar-refractivity contribution in [1.29, 1.82) is 0 Å². The molecule has 100 valence electrons. The van der Waals surface area contributed by atoms with E-state index >= 15 is 0 Å². The van der Waals surface area contributed by atoms with Gasteiger partial charge in [-0.15, -0.1) is 0 Å². The average Bonchev–Trinajstić information content (AvgIpc) is 2.33. The molecule has 0 bridgehead atoms. The summed E-state index contributed by atoms with van der Waals surface area (Å²) in [4.78, 5) is 0. The maximum atomic E-state index is 5.97. The molecule has 0 radical (unpaired) electrons. The normalized spacial score (nSPS) is 31.8. The summed E-state index contributed by atoms with van der Waals surface area (Å²) in [6.07, 6.45) is 8.78. The summed E-state index contributed by atoms with van der Waals surface area (Å²) in [5.41, 5.74) is 0.489. The Morgan fingerprint density at radius 2 is 1.94 bits per heavy atom. The smallest absolute Gasteiger partial charge is 0.0661 e. The highest BCUT2D eigenvalue weighted by Gasteiger charge is 2.55. The van der Waals surface area contributed by atoms with Gasteiger partial charge in [0.1, 0.15) is 0 Å². The van der Waals surface area contributed by atoms with Crippen LogP contribution in [0.15, 0.2) is 0 Å². The molecule has 17 heavy (non-hydrogen) atoms. The van der Waals surface area contributed by atoms with Gasteiger partial charge >= 0.3 is 0 Å². The van der Waals surface area contributed by atoms with E-state index in [2.05, 4.69) is 26.1 Å². The van der Waals surface area contributed by atoms with E-state index in [1.807, 2.05) is 0 Å². The zero-order valence-corrected chi connectivity index (χ0v) is 11.8. The molecule has 2 unspecified atom stereocenters. The minimum atomic E-state index is 0.489. The number of hydrogen-bond acceptors (Lipinski definition) is 2. The van der Waals surface area contributed by atoms with Gasteiger partial charge in [-0.2, -0.15) is 0 Å². The van der Waals surface area contributed by atoms with Gasteiger partial charge < -0.3 is 10.1 Å². The molecule has 2 nitrogen and oxygen atoms in total. The molecule has 1 spiro atoms. The first-order chi connectivity index (χ1) is 8.19. The molecule has 0 heterocycles. The third-order valence-electron chi connectivity index (χ3n) is 4.71. The molecule has 1 N–H and O–H groups in total. The van der Waals surface area contributed by atoms with Gasteiger partial charge in [0.05, 0.1) is 6.10 Å². The maximum Gasteiger partial charge on any atom is 0.0661 e. The molecule has 0 aromatic rings. The predicted octanol–water partition coefficient (Wildman–Crippen LogP) is 3.36. The Hall–Kier alpha value is -0.0800. The summed E-state index contributed by atoms with van der Waals surface area (Å²) < 4.78 is 5.97. The highest BCUT2D eigenvalue weighted by atomic mass is 16.5. The molecule has 0 aliphatic heterocycles. The molecule has 2 heteroatoms. The molecule has 0 aromatic heterocycles. The van der Waals surface area contributed by atoms with E-state index in [1.54, 1.807) is 0 Å². The van der Waals surface area contributed by atoms with Crippen LogP contribution in [0.1, 0.15) is 59.3 Å². The van der Waals surface area contributed by atoms with Crippen molar-refractivity contribution < 1.29 is 4.74 Å². The highest BCUT2D eigenvalue weighted by molar-refractivity contribution is 5.08. The SMILES string of the molecule is CCOC1CC(NCC(C)C)C12CCCCC2. The van der Waals surface area contributed by atoms with Gasteiger partial charge in [-0.3, -0.25) is 0 Å². The van der Waals surface area contributed by atoms with Crippen molar-refractivity contribution in [1.82, 2.24) is 5.32 Å². The van der Waals surface area contributed by atoms with Crippen molar-refractivity contribution in [2.24, 2.45) is 11.3 Å². The zero-order valence-electron chi connectivity index (χ0n) is 11.8. The van der Waals surface area contributed by atoms with Crippen LogP contribution in [0, 0.1) is 11.3 Å². The fraction of sp³-hybridized carbons (Fsp3) is 1.00. The van der Waals surface area contributed by atoms with Gasteiger partial charge in [0, 0.05) is 18.1 Å². The third-order valence-corrected chi connectivity index (χ3v) is 4.71. The number of nitrogens with one attached hydrogen (secondary N) is 1. The van der Waals surface area contributed by atoms with Crippen LogP contribution >= 0.6 is 0 Å². The summed E-state index contributed by atoms with van der Waals surface area (Å²) in [5, 5.41) is 3.79. The maximum absolute atomic E-state index is 5.97. The van der Waals surface area contributed by atoms with Gasteiger partial charge in [-0.25, -0.2) is 0 Å². The molecule has 2 aliphatic carbocycles. The molecular formula is C15H29NO. The van der Waals surface area contributed by atoms with Crippen molar-refractivity contribution in [2.45, 2.75) is 71.4 Å². The van der Waals surface area contributed by atoms with Crippen LogP contribution in [0.4, 0.5) is 0 Å². The van der Waals surface area contributed by atoms with Crippen LogP contribution in [0.5, 0.6) is 0 Å². The molecule has 2 rings (SSSR count). The predicted molar refractivity (Wildman–Crippen MR) is 72.2 cm³/mol. The number of ether oxygens (including phenoxy) is 1. The van der Waals surface area contributed by atoms with Gasteiger partial charge in [0.25, 0.3) is 0 Å². The Morgan fingerprint density at radius 3 is 2.53 bits per heavy atom. The lowest BCUT2D eigenvalue weighted by molar-refractivity contribution is -0.150. The lowest BCUT2D eigenvalue weighted by atomic mass is 9.55. The monoisotopic (exact) mass is 239 g/mol. The van der Waals surface area contributed by atoms with E-state index in [-0.39, 0.29) is 0 Å². The second-order valence-electron chi connectivity index (χ2n) is 6.33. The summed E-state index contributed by atoms with van der Waals surface area (Å²) in [6, 6.07) is 0.724. The highest BCUT2D eigenvalue weighted by Crippen LogP contribution is 2.53. The van der Waals surface area contributed by atoms with Gasteiger partial charge in [0.2, 0.25) is 0 Å². The minimum absolute atomic E-state index is 0.489. The number of hydrogen-bond donors (Lipinski definition) is 1. The summed E-state index contributed by atoms with van der Waals surface area (Å²) in [7, 11) is 0. The second-order valence-corrected chi connectivity index (χ2v) is 6.33. The van der Waals surface area contributed by atoms with Crippen LogP contribution in [0.3, 0.4) is 0 Å². The molecular weight excluding hydrogens is 210 g/mol. The van der Waals surface area contributed by atoms with Crippen molar-refractivity contribution in [2.75, 3.05) is 13.2 Å². The first-order valence-corrected chi connectivity index (χ1v) is 7.54. The Balaban J connectivity index is 1.93. The van der Waals surface area contributed by atoms with Crippen LogP contribution in [0.2, 0.25) is 0 Å². The molecule has 0 saturated heterocycles. The van der Waals surface area contributed by atoms with Crippen molar-refractivity contribution in [3.63, 3.8) is 0 Å². The molecule has 0 aromatic carbocycles. The van der Waals surface area contributed by atoms with Crippen LogP contribution < -0.4 is 5.32 Å². The van der Waals surface area contributed by atoms with Gasteiger partial charge in [-0.1, -0.05) is 33.1 Å². The van der Waals surface area contributed by atoms with Crippen molar-refractivity contribution in [3.8, 4) is 0 Å². The quantitative estimate of drug-likeness (QED) is 0.794. The molecule has 2 aliphatic rings. The van der Waals surface area contributed by atoms with E-state index in [1.165, 1.54) is 38.5 Å². The lowest BCUT2D eigenvalue weighted by Crippen LogP contribution is -2.64. The van der Waals surface area contributed by atoms with Gasteiger partial charge in [-0.05, 0) is 38.6 Å². The molecule has 2 saturated carbocycles. The van der Waals surface area contributed by atoms with Crippen LogP contribution in [-0.4, -0.2) is 25.3 Å². The van der Waals surface area contributed by atoms with Crippen LogP contribution in [-0.2, 0) is 4.74 Å². The van der Waals surface area contributed by atoms with E-state index in [0.29, 0.717) is 11.5 Å². The first-order valence-electron chi connectivity index (χ1n) is 7.54. The summed E-state index contributed by atoms with van der Waals surface area (Å²) >= 11 is 0. The first kappa shape index (κ1) is 13.4. The summed E-state index contributed by atoms with van der Waals surface area (Å²) in [5.74, 6) is 0.752. The molecule has 0 amide bonds. The second kappa shape index (κ2) is 5.71. The van der Waals surface area contributed by atoms with E-state index in [4.69, 9.17) is 4.74 Å². The largest absolute Gasteiger partial charge is 0.378 e. The standard InChI is InChI=1S/C15H29NO/c1-4-17-14-10-13(16-11-12(2)3)15(14)8-6-5-7-9-15/h12-14,16H,4-11H2,1-3H3. The van der Waals surface area contributed by atoms with Crippen molar-refractivity contribution in [3.05, 3.63) is 0 Å². The van der Waals surface area contributed by atoms with Gasteiger partial charge in [0.15, 0.2) is 0 Å². The molecule has 2 fully saturated rings.